The summed E-state index contributed by atoms with van der Waals surface area (Å²) in [7, 11) is 1.77. The molecule has 100 valence electrons. The summed E-state index contributed by atoms with van der Waals surface area (Å²) in [5.74, 6) is -1.66. The molecule has 0 aliphatic carbocycles. The lowest BCUT2D eigenvalue weighted by molar-refractivity contribution is 0.0696. The van der Waals surface area contributed by atoms with Gasteiger partial charge in [-0.05, 0) is 40.2 Å². The smallest absolute Gasteiger partial charge is 0.335 e. The number of rotatable bonds is 4. The van der Waals surface area contributed by atoms with Crippen LogP contribution in [0.4, 0.5) is 10.1 Å². The number of thiophene rings is 1. The van der Waals surface area contributed by atoms with Crippen LogP contribution >= 0.6 is 27.3 Å². The molecule has 1 N–H and O–H groups in total. The number of nitrogens with zero attached hydrogens (tertiary/aromatic N) is 1. The van der Waals surface area contributed by atoms with Crippen molar-refractivity contribution in [2.24, 2.45) is 0 Å². The van der Waals surface area contributed by atoms with Gasteiger partial charge < -0.3 is 10.0 Å². The third kappa shape index (κ3) is 3.33. The van der Waals surface area contributed by atoms with E-state index in [1.807, 2.05) is 11.4 Å². The molecule has 2 aromatic rings. The number of benzene rings is 1. The van der Waals surface area contributed by atoms with Crippen molar-refractivity contribution in [2.75, 3.05) is 11.9 Å². The number of hydrogen-bond donors (Lipinski definition) is 1. The van der Waals surface area contributed by atoms with Crippen molar-refractivity contribution in [1.82, 2.24) is 0 Å². The van der Waals surface area contributed by atoms with Gasteiger partial charge in [-0.2, -0.15) is 0 Å². The van der Waals surface area contributed by atoms with E-state index in [1.165, 1.54) is 12.1 Å². The van der Waals surface area contributed by atoms with Crippen LogP contribution in [-0.2, 0) is 6.54 Å². The molecule has 0 unspecified atom stereocenters. The van der Waals surface area contributed by atoms with Gasteiger partial charge in [-0.3, -0.25) is 0 Å². The molecule has 0 radical (unpaired) electrons. The average Bonchev–Trinajstić information content (AvgIpc) is 2.74. The van der Waals surface area contributed by atoms with Crippen LogP contribution in [0.1, 0.15) is 15.2 Å². The Hall–Kier alpha value is -1.40. The zero-order valence-corrected chi connectivity index (χ0v) is 12.5. The summed E-state index contributed by atoms with van der Waals surface area (Å²) in [6, 6.07) is 5.91. The lowest BCUT2D eigenvalue weighted by Crippen LogP contribution is -2.17. The lowest BCUT2D eigenvalue weighted by Gasteiger charge is -2.19. The molecule has 3 nitrogen and oxygen atoms in total. The number of hydrogen-bond acceptors (Lipinski definition) is 3. The zero-order valence-electron chi connectivity index (χ0n) is 10.1. The Morgan fingerprint density at radius 1 is 1.47 bits per heavy atom. The van der Waals surface area contributed by atoms with E-state index in [2.05, 4.69) is 15.9 Å². The van der Waals surface area contributed by atoms with Crippen LogP contribution in [0.2, 0.25) is 0 Å². The molecule has 0 atom stereocenters. The number of anilines is 1. The van der Waals surface area contributed by atoms with Gasteiger partial charge in [-0.15, -0.1) is 11.3 Å². The highest BCUT2D eigenvalue weighted by atomic mass is 79.9. The molecule has 0 fully saturated rings. The molecular formula is C13H11BrFNO2S. The number of aromatic carboxylic acids is 1. The highest BCUT2D eigenvalue weighted by Gasteiger charge is 2.12. The SMILES string of the molecule is CN(Cc1cc(Br)cs1)c1ccc(C(=O)O)cc1F. The molecular weight excluding hydrogens is 333 g/mol. The van der Waals surface area contributed by atoms with Gasteiger partial charge in [0.25, 0.3) is 0 Å². The second-order valence-electron chi connectivity index (χ2n) is 4.06. The molecule has 1 aromatic carbocycles. The molecule has 0 aliphatic rings. The number of carbonyl (C=O) groups is 1. The van der Waals surface area contributed by atoms with E-state index in [4.69, 9.17) is 5.11 Å². The van der Waals surface area contributed by atoms with Crippen LogP contribution in [0, 0.1) is 5.82 Å². The van der Waals surface area contributed by atoms with Gasteiger partial charge in [-0.1, -0.05) is 0 Å². The molecule has 0 spiro atoms. The fourth-order valence-corrected chi connectivity index (χ4v) is 3.21. The van der Waals surface area contributed by atoms with E-state index >= 15 is 0 Å². The first kappa shape index (κ1) is 14.0. The minimum Gasteiger partial charge on any atom is -0.478 e. The van der Waals surface area contributed by atoms with Crippen LogP contribution in [-0.4, -0.2) is 18.1 Å². The average molecular weight is 344 g/mol. The maximum Gasteiger partial charge on any atom is 0.335 e. The van der Waals surface area contributed by atoms with Gasteiger partial charge in [0.15, 0.2) is 0 Å². The summed E-state index contributed by atoms with van der Waals surface area (Å²) in [5.41, 5.74) is 0.336. The van der Waals surface area contributed by atoms with Crippen molar-refractivity contribution in [1.29, 1.82) is 0 Å². The Kier molecular flexibility index (Phi) is 4.21. The third-order valence-electron chi connectivity index (χ3n) is 2.62. The maximum absolute atomic E-state index is 13.9. The highest BCUT2D eigenvalue weighted by Crippen LogP contribution is 2.25. The van der Waals surface area contributed by atoms with Crippen LogP contribution in [0.5, 0.6) is 0 Å². The molecule has 0 saturated carbocycles. The van der Waals surface area contributed by atoms with Crippen LogP contribution in [0.3, 0.4) is 0 Å². The number of carboxylic acids is 1. The summed E-state index contributed by atoms with van der Waals surface area (Å²) in [5, 5.41) is 10.8. The van der Waals surface area contributed by atoms with Crippen molar-refractivity contribution in [3.63, 3.8) is 0 Å². The molecule has 0 bridgehead atoms. The van der Waals surface area contributed by atoms with E-state index in [1.54, 1.807) is 23.3 Å². The summed E-state index contributed by atoms with van der Waals surface area (Å²) in [6.45, 7) is 0.569. The van der Waals surface area contributed by atoms with Crippen molar-refractivity contribution in [2.45, 2.75) is 6.54 Å². The Bertz CT molecular complexity index is 614. The maximum atomic E-state index is 13.9. The van der Waals surface area contributed by atoms with Crippen LogP contribution in [0.25, 0.3) is 0 Å². The quantitative estimate of drug-likeness (QED) is 0.912. The largest absolute Gasteiger partial charge is 0.478 e. The zero-order chi connectivity index (χ0) is 14.0. The minimum absolute atomic E-state index is 0.0477. The lowest BCUT2D eigenvalue weighted by atomic mass is 10.2. The molecule has 2 rings (SSSR count). The topological polar surface area (TPSA) is 40.5 Å². The minimum atomic E-state index is -1.13. The van der Waals surface area contributed by atoms with Gasteiger partial charge >= 0.3 is 5.97 Å². The molecule has 0 amide bonds. The number of carboxylic acid groups (broad SMARTS) is 1. The van der Waals surface area contributed by atoms with E-state index in [0.29, 0.717) is 12.2 Å². The fraction of sp³-hybridized carbons (Fsp3) is 0.154. The predicted octanol–water partition coefficient (Wildman–Crippen LogP) is 3.98. The molecule has 0 saturated heterocycles. The van der Waals surface area contributed by atoms with Crippen molar-refractivity contribution in [3.8, 4) is 0 Å². The molecule has 1 aromatic heterocycles. The van der Waals surface area contributed by atoms with Crippen molar-refractivity contribution in [3.05, 3.63) is 50.4 Å². The molecule has 19 heavy (non-hydrogen) atoms. The normalized spacial score (nSPS) is 10.5. The van der Waals surface area contributed by atoms with Gasteiger partial charge in [0, 0.05) is 21.8 Å². The van der Waals surface area contributed by atoms with E-state index in [0.717, 1.165) is 15.4 Å². The first-order valence-electron chi connectivity index (χ1n) is 5.44. The summed E-state index contributed by atoms with van der Waals surface area (Å²) >= 11 is 4.95. The van der Waals surface area contributed by atoms with Gasteiger partial charge in [0.05, 0.1) is 17.8 Å². The molecule has 6 heteroatoms. The second-order valence-corrected chi connectivity index (χ2v) is 5.97. The summed E-state index contributed by atoms with van der Waals surface area (Å²) < 4.78 is 14.9. The van der Waals surface area contributed by atoms with Crippen molar-refractivity contribution < 1.29 is 14.3 Å². The molecule has 0 aliphatic heterocycles. The first-order chi connectivity index (χ1) is 8.97. The Morgan fingerprint density at radius 2 is 2.21 bits per heavy atom. The van der Waals surface area contributed by atoms with Gasteiger partial charge in [0.2, 0.25) is 0 Å². The second kappa shape index (κ2) is 5.71. The van der Waals surface area contributed by atoms with E-state index in [9.17, 15) is 9.18 Å². The van der Waals surface area contributed by atoms with Gasteiger partial charge in [-0.25, -0.2) is 9.18 Å². The van der Waals surface area contributed by atoms with E-state index < -0.39 is 11.8 Å². The number of halogens is 2. The Morgan fingerprint density at radius 3 is 2.74 bits per heavy atom. The standard InChI is InChI=1S/C13H11BrFNO2S/c1-16(6-10-5-9(14)7-19-10)12-3-2-8(13(17)18)4-11(12)15/h2-5,7H,6H2,1H3,(H,17,18). The van der Waals surface area contributed by atoms with Crippen LogP contribution < -0.4 is 4.90 Å². The first-order valence-corrected chi connectivity index (χ1v) is 7.11. The Balaban J connectivity index is 2.19. The summed E-state index contributed by atoms with van der Waals surface area (Å²) in [6.07, 6.45) is 0. The predicted molar refractivity (Wildman–Crippen MR) is 77.5 cm³/mol. The molecule has 1 heterocycles. The Labute approximate surface area is 122 Å². The summed E-state index contributed by atoms with van der Waals surface area (Å²) in [4.78, 5) is 13.6. The van der Waals surface area contributed by atoms with Crippen LogP contribution in [0.15, 0.2) is 34.1 Å². The van der Waals surface area contributed by atoms with Gasteiger partial charge in [0.1, 0.15) is 5.82 Å². The monoisotopic (exact) mass is 343 g/mol. The fourth-order valence-electron chi connectivity index (χ4n) is 1.71. The van der Waals surface area contributed by atoms with E-state index in [-0.39, 0.29) is 5.56 Å². The highest BCUT2D eigenvalue weighted by molar-refractivity contribution is 9.10. The third-order valence-corrected chi connectivity index (χ3v) is 4.30. The van der Waals surface area contributed by atoms with Crippen molar-refractivity contribution >= 4 is 38.9 Å².